The summed E-state index contributed by atoms with van der Waals surface area (Å²) in [5.74, 6) is 0.239. The normalized spacial score (nSPS) is 19.1. The number of rotatable bonds is 5. The van der Waals surface area contributed by atoms with Crippen molar-refractivity contribution in [3.8, 4) is 0 Å². The van der Waals surface area contributed by atoms with Gasteiger partial charge in [-0.1, -0.05) is 39.8 Å². The SMILES string of the molecule is O=C(CC1S/C(=N/N=Cc2ccco2)NC1=O)c1ccc(Br)cc1. The van der Waals surface area contributed by atoms with E-state index in [1.54, 1.807) is 36.4 Å². The zero-order valence-electron chi connectivity index (χ0n) is 12.3. The Bertz CT molecular complexity index is 800. The van der Waals surface area contributed by atoms with Gasteiger partial charge in [-0.2, -0.15) is 5.10 Å². The number of nitrogens with one attached hydrogen (secondary N) is 1. The average Bonchev–Trinajstić information content (AvgIpc) is 3.19. The maximum Gasteiger partial charge on any atom is 0.240 e. The van der Waals surface area contributed by atoms with Crippen LogP contribution in [0.4, 0.5) is 0 Å². The topological polar surface area (TPSA) is 84.0 Å². The summed E-state index contributed by atoms with van der Waals surface area (Å²) in [4.78, 5) is 24.2. The number of ketones is 1. The number of Topliss-reactive ketones (excluding diaryl/α,β-unsaturated/α-hetero) is 1. The fraction of sp³-hybridized carbons (Fsp3) is 0.125. The van der Waals surface area contributed by atoms with Crippen molar-refractivity contribution in [1.82, 2.24) is 5.32 Å². The number of amidine groups is 1. The van der Waals surface area contributed by atoms with Gasteiger partial charge in [0.1, 0.15) is 5.76 Å². The van der Waals surface area contributed by atoms with Gasteiger partial charge in [0.05, 0.1) is 17.7 Å². The van der Waals surface area contributed by atoms with Gasteiger partial charge >= 0.3 is 0 Å². The number of nitrogens with zero attached hydrogens (tertiary/aromatic N) is 2. The molecular weight excluding hydrogens is 394 g/mol. The summed E-state index contributed by atoms with van der Waals surface area (Å²) in [6.07, 6.45) is 3.09. The molecule has 0 bridgehead atoms. The molecule has 8 heteroatoms. The average molecular weight is 406 g/mol. The van der Waals surface area contributed by atoms with Crippen LogP contribution < -0.4 is 5.32 Å². The van der Waals surface area contributed by atoms with Crippen molar-refractivity contribution in [2.24, 2.45) is 10.2 Å². The lowest BCUT2D eigenvalue weighted by molar-refractivity contribution is -0.118. The Labute approximate surface area is 150 Å². The second-order valence-corrected chi connectivity index (χ2v) is 7.00. The molecule has 0 saturated carbocycles. The maximum atomic E-state index is 12.2. The van der Waals surface area contributed by atoms with Crippen LogP contribution in [-0.2, 0) is 4.79 Å². The van der Waals surface area contributed by atoms with Crippen LogP contribution in [-0.4, -0.2) is 28.3 Å². The standard InChI is InChI=1S/C16H12BrN3O3S/c17-11-5-3-10(4-6-11)13(21)8-14-15(22)19-16(24-14)20-18-9-12-2-1-7-23-12/h1-7,9,14H,8H2,(H,19,20,22). The Balaban J connectivity index is 1.60. The minimum absolute atomic E-state index is 0.0875. The zero-order valence-corrected chi connectivity index (χ0v) is 14.7. The molecule has 1 saturated heterocycles. The molecule has 6 nitrogen and oxygen atoms in total. The van der Waals surface area contributed by atoms with Crippen LogP contribution in [0.15, 0.2) is 61.8 Å². The molecule has 122 valence electrons. The molecule has 24 heavy (non-hydrogen) atoms. The zero-order chi connectivity index (χ0) is 16.9. The molecule has 1 unspecified atom stereocenters. The first-order valence-electron chi connectivity index (χ1n) is 7.02. The van der Waals surface area contributed by atoms with Gasteiger partial charge in [-0.3, -0.25) is 9.59 Å². The monoisotopic (exact) mass is 405 g/mol. The predicted octanol–water partition coefficient (Wildman–Crippen LogP) is 3.24. The first-order valence-corrected chi connectivity index (χ1v) is 8.70. The van der Waals surface area contributed by atoms with E-state index in [-0.39, 0.29) is 18.1 Å². The Morgan fingerprint density at radius 1 is 1.33 bits per heavy atom. The van der Waals surface area contributed by atoms with Crippen LogP contribution in [0, 0.1) is 0 Å². The van der Waals surface area contributed by atoms with Crippen molar-refractivity contribution in [1.29, 1.82) is 0 Å². The van der Waals surface area contributed by atoms with E-state index < -0.39 is 5.25 Å². The molecule has 1 aromatic heterocycles. The number of furan rings is 1. The van der Waals surface area contributed by atoms with Crippen molar-refractivity contribution >= 4 is 50.8 Å². The number of amides is 1. The molecule has 1 amide bonds. The molecule has 1 fully saturated rings. The third kappa shape index (κ3) is 4.21. The lowest BCUT2D eigenvalue weighted by Gasteiger charge is -2.04. The summed E-state index contributed by atoms with van der Waals surface area (Å²) in [5.41, 5.74) is 0.577. The first kappa shape index (κ1) is 16.7. The van der Waals surface area contributed by atoms with E-state index >= 15 is 0 Å². The van der Waals surface area contributed by atoms with Crippen LogP contribution in [0.1, 0.15) is 22.5 Å². The Hall–Kier alpha value is -2.19. The second kappa shape index (κ2) is 7.59. The molecule has 1 aliphatic rings. The summed E-state index contributed by atoms with van der Waals surface area (Å²) in [7, 11) is 0. The van der Waals surface area contributed by atoms with Crippen molar-refractivity contribution in [3.05, 3.63) is 58.5 Å². The third-order valence-electron chi connectivity index (χ3n) is 3.19. The van der Waals surface area contributed by atoms with Crippen molar-refractivity contribution in [2.45, 2.75) is 11.7 Å². The summed E-state index contributed by atoms with van der Waals surface area (Å²) in [5, 5.41) is 10.3. The summed E-state index contributed by atoms with van der Waals surface area (Å²) in [6.45, 7) is 0. The van der Waals surface area contributed by atoms with Gasteiger partial charge in [-0.25, -0.2) is 0 Å². The van der Waals surface area contributed by atoms with E-state index in [2.05, 4.69) is 31.4 Å². The van der Waals surface area contributed by atoms with E-state index in [1.165, 1.54) is 24.2 Å². The number of hydrogen-bond donors (Lipinski definition) is 1. The molecular formula is C16H12BrN3O3S. The highest BCUT2D eigenvalue weighted by atomic mass is 79.9. The van der Waals surface area contributed by atoms with Gasteiger partial charge < -0.3 is 9.73 Å². The lowest BCUT2D eigenvalue weighted by Crippen LogP contribution is -2.26. The summed E-state index contributed by atoms with van der Waals surface area (Å²) < 4.78 is 5.99. The van der Waals surface area contributed by atoms with Crippen molar-refractivity contribution in [2.75, 3.05) is 0 Å². The molecule has 0 aliphatic carbocycles. The quantitative estimate of drug-likeness (QED) is 0.470. The summed E-state index contributed by atoms with van der Waals surface area (Å²) >= 11 is 4.52. The van der Waals surface area contributed by atoms with E-state index in [0.29, 0.717) is 16.5 Å². The smallest absolute Gasteiger partial charge is 0.240 e. The molecule has 1 atom stereocenters. The van der Waals surface area contributed by atoms with E-state index in [0.717, 1.165) is 4.47 Å². The van der Waals surface area contributed by atoms with Crippen molar-refractivity contribution < 1.29 is 14.0 Å². The number of benzene rings is 1. The minimum atomic E-state index is -0.501. The molecule has 2 heterocycles. The van der Waals surface area contributed by atoms with Crippen molar-refractivity contribution in [3.63, 3.8) is 0 Å². The van der Waals surface area contributed by atoms with Crippen LogP contribution in [0.3, 0.4) is 0 Å². The van der Waals surface area contributed by atoms with Gasteiger partial charge in [-0.15, -0.1) is 5.10 Å². The van der Waals surface area contributed by atoms with Gasteiger partial charge in [0.15, 0.2) is 11.0 Å². The Kier molecular flexibility index (Phi) is 5.27. The fourth-order valence-electron chi connectivity index (χ4n) is 2.01. The van der Waals surface area contributed by atoms with Crippen LogP contribution in [0.25, 0.3) is 0 Å². The molecule has 1 aromatic carbocycles. The van der Waals surface area contributed by atoms with Gasteiger partial charge in [0, 0.05) is 16.5 Å². The number of carbonyl (C=O) groups is 2. The van der Waals surface area contributed by atoms with Gasteiger partial charge in [0.2, 0.25) is 5.91 Å². The lowest BCUT2D eigenvalue weighted by atomic mass is 10.1. The van der Waals surface area contributed by atoms with Crippen LogP contribution in [0.2, 0.25) is 0 Å². The molecule has 1 N–H and O–H groups in total. The highest BCUT2D eigenvalue weighted by Crippen LogP contribution is 2.24. The minimum Gasteiger partial charge on any atom is -0.463 e. The number of halogens is 1. The van der Waals surface area contributed by atoms with E-state index in [4.69, 9.17) is 4.42 Å². The Morgan fingerprint density at radius 3 is 2.83 bits per heavy atom. The molecule has 0 spiro atoms. The predicted molar refractivity (Wildman–Crippen MR) is 96.3 cm³/mol. The molecule has 2 aromatic rings. The highest BCUT2D eigenvalue weighted by Gasteiger charge is 2.32. The summed E-state index contributed by atoms with van der Waals surface area (Å²) in [6, 6.07) is 10.5. The largest absolute Gasteiger partial charge is 0.463 e. The Morgan fingerprint density at radius 2 is 2.12 bits per heavy atom. The molecule has 1 aliphatic heterocycles. The van der Waals surface area contributed by atoms with E-state index in [9.17, 15) is 9.59 Å². The fourth-order valence-corrected chi connectivity index (χ4v) is 3.20. The first-order chi connectivity index (χ1) is 11.6. The number of carbonyl (C=O) groups excluding carboxylic acids is 2. The second-order valence-electron chi connectivity index (χ2n) is 4.90. The van der Waals surface area contributed by atoms with Crippen LogP contribution in [0.5, 0.6) is 0 Å². The maximum absolute atomic E-state index is 12.2. The van der Waals surface area contributed by atoms with Gasteiger partial charge in [-0.05, 0) is 24.3 Å². The molecule has 0 radical (unpaired) electrons. The number of hydrogen-bond acceptors (Lipinski definition) is 6. The van der Waals surface area contributed by atoms with Crippen LogP contribution >= 0.6 is 27.7 Å². The molecule has 3 rings (SSSR count). The number of thioether (sulfide) groups is 1. The third-order valence-corrected chi connectivity index (χ3v) is 4.79. The van der Waals surface area contributed by atoms with E-state index in [1.807, 2.05) is 0 Å². The highest BCUT2D eigenvalue weighted by molar-refractivity contribution is 9.10. The van der Waals surface area contributed by atoms with Gasteiger partial charge in [0.25, 0.3) is 0 Å².